The number of rotatable bonds is 7. The first-order valence-electron chi connectivity index (χ1n) is 7.13. The molecule has 1 aliphatic heterocycles. The van der Waals surface area contributed by atoms with Crippen LogP contribution in [-0.2, 0) is 9.47 Å². The van der Waals surface area contributed by atoms with E-state index in [1.54, 1.807) is 12.1 Å². The minimum absolute atomic E-state index is 0.176. The maximum absolute atomic E-state index is 9.89. The van der Waals surface area contributed by atoms with E-state index in [1.807, 2.05) is 6.92 Å². The Morgan fingerprint density at radius 1 is 1.43 bits per heavy atom. The lowest BCUT2D eigenvalue weighted by molar-refractivity contribution is -0.0137. The second kappa shape index (κ2) is 8.20. The lowest BCUT2D eigenvalue weighted by Gasteiger charge is -2.16. The number of halogens is 2. The molecule has 2 N–H and O–H groups in total. The smallest absolute Gasteiger partial charge is 0.0945 e. The molecule has 118 valence electrons. The Hall–Kier alpha value is -0.520. The van der Waals surface area contributed by atoms with Crippen molar-refractivity contribution in [1.82, 2.24) is 0 Å². The van der Waals surface area contributed by atoms with Gasteiger partial charge in [0.05, 0.1) is 36.1 Å². The van der Waals surface area contributed by atoms with E-state index in [-0.39, 0.29) is 12.7 Å². The number of aliphatic hydroxyl groups excluding tert-OH is 1. The molecule has 1 heterocycles. The molecule has 1 aromatic rings. The average Bonchev–Trinajstić information content (AvgIpc) is 2.94. The minimum atomic E-state index is -0.609. The summed E-state index contributed by atoms with van der Waals surface area (Å²) in [7, 11) is 0. The fourth-order valence-electron chi connectivity index (χ4n) is 2.18. The summed E-state index contributed by atoms with van der Waals surface area (Å²) in [5, 5.41) is 14.2. The van der Waals surface area contributed by atoms with Crippen molar-refractivity contribution >= 4 is 28.9 Å². The van der Waals surface area contributed by atoms with Crippen molar-refractivity contribution in [3.63, 3.8) is 0 Å². The van der Waals surface area contributed by atoms with Crippen LogP contribution in [0.4, 0.5) is 5.69 Å². The maximum Gasteiger partial charge on any atom is 0.0945 e. The zero-order valence-electron chi connectivity index (χ0n) is 12.1. The third-order valence-corrected chi connectivity index (χ3v) is 4.13. The first-order chi connectivity index (χ1) is 10.1. The molecule has 0 spiro atoms. The summed E-state index contributed by atoms with van der Waals surface area (Å²) < 4.78 is 10.9. The molecule has 4 nitrogen and oxygen atoms in total. The molecule has 2 atom stereocenters. The van der Waals surface area contributed by atoms with Crippen molar-refractivity contribution in [3.05, 3.63) is 27.7 Å². The molecular formula is C15H21Cl2NO3. The van der Waals surface area contributed by atoms with Crippen molar-refractivity contribution in [2.24, 2.45) is 0 Å². The standard InChI is InChI=1S/C15H21Cl2NO3/c1-10-5-14(17)15(6-13(10)16)18-7-11(19)8-20-9-12-3-2-4-21-12/h5-6,11-12,18-19H,2-4,7-9H2,1H3. The van der Waals surface area contributed by atoms with Crippen molar-refractivity contribution in [2.45, 2.75) is 32.0 Å². The molecule has 0 bridgehead atoms. The number of anilines is 1. The molecule has 1 saturated heterocycles. The third-order valence-electron chi connectivity index (χ3n) is 3.41. The fourth-order valence-corrected chi connectivity index (χ4v) is 2.63. The van der Waals surface area contributed by atoms with Gasteiger partial charge in [-0.3, -0.25) is 0 Å². The first-order valence-corrected chi connectivity index (χ1v) is 7.89. The number of ether oxygens (including phenoxy) is 2. The minimum Gasteiger partial charge on any atom is -0.389 e. The van der Waals surface area contributed by atoms with Gasteiger partial charge in [0, 0.05) is 18.2 Å². The van der Waals surface area contributed by atoms with Gasteiger partial charge in [-0.15, -0.1) is 0 Å². The third kappa shape index (κ3) is 5.31. The van der Waals surface area contributed by atoms with E-state index in [9.17, 15) is 5.11 Å². The van der Waals surface area contributed by atoms with Gasteiger partial charge in [0.1, 0.15) is 0 Å². The van der Waals surface area contributed by atoms with Crippen LogP contribution in [0.5, 0.6) is 0 Å². The van der Waals surface area contributed by atoms with Gasteiger partial charge in [-0.05, 0) is 37.5 Å². The molecule has 0 amide bonds. The molecule has 2 unspecified atom stereocenters. The molecule has 6 heteroatoms. The van der Waals surface area contributed by atoms with Crippen LogP contribution in [0, 0.1) is 6.92 Å². The Morgan fingerprint density at radius 2 is 2.24 bits per heavy atom. The fraction of sp³-hybridized carbons (Fsp3) is 0.600. The van der Waals surface area contributed by atoms with Crippen LogP contribution in [0.3, 0.4) is 0 Å². The lowest BCUT2D eigenvalue weighted by Crippen LogP contribution is -2.27. The van der Waals surface area contributed by atoms with Crippen molar-refractivity contribution in [3.8, 4) is 0 Å². The second-order valence-corrected chi connectivity index (χ2v) is 6.10. The molecular weight excluding hydrogens is 313 g/mol. The van der Waals surface area contributed by atoms with E-state index in [1.165, 1.54) is 0 Å². The molecule has 1 fully saturated rings. The molecule has 21 heavy (non-hydrogen) atoms. The normalized spacial score (nSPS) is 19.7. The number of aliphatic hydroxyl groups is 1. The first kappa shape index (κ1) is 16.8. The summed E-state index contributed by atoms with van der Waals surface area (Å²) in [4.78, 5) is 0. The van der Waals surface area contributed by atoms with Crippen LogP contribution < -0.4 is 5.32 Å². The van der Waals surface area contributed by atoms with Crippen LogP contribution in [-0.4, -0.2) is 43.7 Å². The zero-order chi connectivity index (χ0) is 15.2. The monoisotopic (exact) mass is 333 g/mol. The zero-order valence-corrected chi connectivity index (χ0v) is 13.6. The van der Waals surface area contributed by atoms with Crippen LogP contribution in [0.25, 0.3) is 0 Å². The van der Waals surface area contributed by atoms with Gasteiger partial charge in [-0.1, -0.05) is 23.2 Å². The van der Waals surface area contributed by atoms with Gasteiger partial charge in [0.2, 0.25) is 0 Å². The van der Waals surface area contributed by atoms with E-state index < -0.39 is 6.10 Å². The highest BCUT2D eigenvalue weighted by Gasteiger charge is 2.16. The molecule has 1 aliphatic rings. The van der Waals surface area contributed by atoms with E-state index in [4.69, 9.17) is 32.7 Å². The van der Waals surface area contributed by atoms with E-state index in [0.717, 1.165) is 25.0 Å². The van der Waals surface area contributed by atoms with Gasteiger partial charge in [0.15, 0.2) is 0 Å². The van der Waals surface area contributed by atoms with Crippen LogP contribution in [0.1, 0.15) is 18.4 Å². The predicted molar refractivity (Wildman–Crippen MR) is 85.5 cm³/mol. The summed E-state index contributed by atoms with van der Waals surface area (Å²) in [5.74, 6) is 0. The number of hydrogen-bond acceptors (Lipinski definition) is 4. The largest absolute Gasteiger partial charge is 0.389 e. The summed E-state index contributed by atoms with van der Waals surface area (Å²) in [6.45, 7) is 3.86. The average molecular weight is 334 g/mol. The molecule has 0 aliphatic carbocycles. The lowest BCUT2D eigenvalue weighted by atomic mass is 10.2. The van der Waals surface area contributed by atoms with Gasteiger partial charge in [-0.2, -0.15) is 0 Å². The van der Waals surface area contributed by atoms with Crippen LogP contribution in [0.2, 0.25) is 10.0 Å². The number of benzene rings is 1. The topological polar surface area (TPSA) is 50.7 Å². The quantitative estimate of drug-likeness (QED) is 0.804. The van der Waals surface area contributed by atoms with Crippen LogP contribution in [0.15, 0.2) is 12.1 Å². The van der Waals surface area contributed by atoms with Gasteiger partial charge >= 0.3 is 0 Å². The van der Waals surface area contributed by atoms with E-state index in [2.05, 4.69) is 5.32 Å². The Morgan fingerprint density at radius 3 is 2.95 bits per heavy atom. The maximum atomic E-state index is 9.89. The molecule has 1 aromatic carbocycles. The van der Waals surface area contributed by atoms with E-state index in [0.29, 0.717) is 28.9 Å². The van der Waals surface area contributed by atoms with E-state index >= 15 is 0 Å². The Labute approximate surface area is 135 Å². The number of aryl methyl sites for hydroxylation is 1. The van der Waals surface area contributed by atoms with Gasteiger partial charge in [0.25, 0.3) is 0 Å². The molecule has 0 aromatic heterocycles. The molecule has 0 saturated carbocycles. The summed E-state index contributed by atoms with van der Waals surface area (Å²) in [5.41, 5.74) is 1.64. The van der Waals surface area contributed by atoms with Crippen LogP contribution >= 0.6 is 23.2 Å². The molecule has 2 rings (SSSR count). The molecule has 0 radical (unpaired) electrons. The Kier molecular flexibility index (Phi) is 6.58. The Bertz CT molecular complexity index is 464. The second-order valence-electron chi connectivity index (χ2n) is 5.29. The summed E-state index contributed by atoms with van der Waals surface area (Å²) in [6.07, 6.45) is 1.69. The number of nitrogens with one attached hydrogen (secondary N) is 1. The highest BCUT2D eigenvalue weighted by atomic mass is 35.5. The summed E-state index contributed by atoms with van der Waals surface area (Å²) >= 11 is 12.2. The van der Waals surface area contributed by atoms with Crippen molar-refractivity contribution in [1.29, 1.82) is 0 Å². The summed E-state index contributed by atoms with van der Waals surface area (Å²) in [6, 6.07) is 3.56. The van der Waals surface area contributed by atoms with Gasteiger partial charge < -0.3 is 19.9 Å². The predicted octanol–water partition coefficient (Wildman–Crippen LogP) is 3.27. The number of hydrogen-bond donors (Lipinski definition) is 2. The SMILES string of the molecule is Cc1cc(Cl)c(NCC(O)COCC2CCCO2)cc1Cl. The van der Waals surface area contributed by atoms with Crippen molar-refractivity contribution in [2.75, 3.05) is 31.7 Å². The van der Waals surface area contributed by atoms with Crippen molar-refractivity contribution < 1.29 is 14.6 Å². The Balaban J connectivity index is 1.70. The highest BCUT2D eigenvalue weighted by molar-refractivity contribution is 6.35. The highest BCUT2D eigenvalue weighted by Crippen LogP contribution is 2.28. The van der Waals surface area contributed by atoms with Gasteiger partial charge in [-0.25, -0.2) is 0 Å².